The molecule has 2 aromatic rings. The molecule has 6 nitrogen and oxygen atoms in total. The Hall–Kier alpha value is -2.11. The van der Waals surface area contributed by atoms with Crippen molar-refractivity contribution in [2.24, 2.45) is 0 Å². The molecule has 1 saturated heterocycles. The first-order valence-electron chi connectivity index (χ1n) is 6.96. The van der Waals surface area contributed by atoms with Crippen molar-refractivity contribution in [1.29, 1.82) is 0 Å². The highest BCUT2D eigenvalue weighted by Crippen LogP contribution is 2.31. The molecule has 106 valence electrons. The summed E-state index contributed by atoms with van der Waals surface area (Å²) < 4.78 is 10.5. The van der Waals surface area contributed by atoms with E-state index in [4.69, 9.17) is 8.94 Å². The maximum atomic E-state index is 12.5. The molecule has 0 aliphatic carbocycles. The van der Waals surface area contributed by atoms with Gasteiger partial charge in [0.1, 0.15) is 6.04 Å². The van der Waals surface area contributed by atoms with Crippen molar-refractivity contribution in [3.8, 4) is 0 Å². The number of aryl methyl sites for hydroxylation is 1. The van der Waals surface area contributed by atoms with Crippen molar-refractivity contribution in [3.05, 3.63) is 35.9 Å². The zero-order valence-corrected chi connectivity index (χ0v) is 11.4. The molecule has 3 rings (SSSR count). The highest BCUT2D eigenvalue weighted by atomic mass is 16.5. The van der Waals surface area contributed by atoms with Crippen LogP contribution in [0.15, 0.2) is 27.3 Å². The van der Waals surface area contributed by atoms with E-state index >= 15 is 0 Å². The van der Waals surface area contributed by atoms with Crippen LogP contribution >= 0.6 is 0 Å². The Labute approximate surface area is 116 Å². The molecular weight excluding hydrogens is 258 g/mol. The van der Waals surface area contributed by atoms with Gasteiger partial charge in [0.05, 0.1) is 6.26 Å². The van der Waals surface area contributed by atoms with Gasteiger partial charge in [0, 0.05) is 13.0 Å². The summed E-state index contributed by atoms with van der Waals surface area (Å²) in [5.74, 6) is 1.44. The van der Waals surface area contributed by atoms with Gasteiger partial charge in [-0.25, -0.2) is 0 Å². The average molecular weight is 275 g/mol. The van der Waals surface area contributed by atoms with Crippen molar-refractivity contribution in [3.63, 3.8) is 0 Å². The molecule has 6 heteroatoms. The van der Waals surface area contributed by atoms with Crippen molar-refractivity contribution >= 4 is 5.91 Å². The van der Waals surface area contributed by atoms with Gasteiger partial charge in [0.25, 0.3) is 5.91 Å². The molecule has 1 unspecified atom stereocenters. The molecule has 0 N–H and O–H groups in total. The van der Waals surface area contributed by atoms with Gasteiger partial charge in [-0.15, -0.1) is 0 Å². The first kappa shape index (κ1) is 12.9. The van der Waals surface area contributed by atoms with Crippen LogP contribution < -0.4 is 0 Å². The van der Waals surface area contributed by atoms with Gasteiger partial charge in [-0.2, -0.15) is 4.98 Å². The third-order valence-corrected chi connectivity index (χ3v) is 3.58. The Kier molecular flexibility index (Phi) is 3.54. The molecule has 0 spiro atoms. The summed E-state index contributed by atoms with van der Waals surface area (Å²) in [4.78, 5) is 18.6. The molecule has 0 radical (unpaired) electrons. The lowest BCUT2D eigenvalue weighted by Gasteiger charge is -2.32. The van der Waals surface area contributed by atoms with Gasteiger partial charge in [-0.05, 0) is 31.4 Å². The lowest BCUT2D eigenvalue weighted by atomic mass is 10.0. The fourth-order valence-corrected chi connectivity index (χ4v) is 2.52. The maximum Gasteiger partial charge on any atom is 0.290 e. The van der Waals surface area contributed by atoms with Crippen LogP contribution in [0.5, 0.6) is 0 Å². The largest absolute Gasteiger partial charge is 0.459 e. The predicted molar refractivity (Wildman–Crippen MR) is 70.0 cm³/mol. The van der Waals surface area contributed by atoms with Crippen LogP contribution in [0.1, 0.15) is 54.5 Å². The van der Waals surface area contributed by atoms with E-state index in [1.165, 1.54) is 6.26 Å². The number of carbonyl (C=O) groups excluding carboxylic acids is 1. The number of likely N-dealkylation sites (tertiary alicyclic amines) is 1. The summed E-state index contributed by atoms with van der Waals surface area (Å²) in [5.41, 5.74) is 0. The summed E-state index contributed by atoms with van der Waals surface area (Å²) in [6.45, 7) is 2.66. The number of carbonyl (C=O) groups is 1. The minimum absolute atomic E-state index is 0.115. The van der Waals surface area contributed by atoms with E-state index in [1.54, 1.807) is 17.0 Å². The van der Waals surface area contributed by atoms with Gasteiger partial charge in [0.2, 0.25) is 5.89 Å². The number of hydrogen-bond donors (Lipinski definition) is 0. The third-order valence-electron chi connectivity index (χ3n) is 3.58. The van der Waals surface area contributed by atoms with Gasteiger partial charge in [-0.1, -0.05) is 12.1 Å². The first-order chi connectivity index (χ1) is 9.79. The normalized spacial score (nSPS) is 19.2. The number of hydrogen-bond acceptors (Lipinski definition) is 5. The lowest BCUT2D eigenvalue weighted by molar-refractivity contribution is 0.0529. The number of furan rings is 1. The molecule has 0 saturated carbocycles. The Morgan fingerprint density at radius 1 is 1.50 bits per heavy atom. The van der Waals surface area contributed by atoms with E-state index in [2.05, 4.69) is 10.1 Å². The highest BCUT2D eigenvalue weighted by Gasteiger charge is 2.33. The predicted octanol–water partition coefficient (Wildman–Crippen LogP) is 2.59. The second kappa shape index (κ2) is 5.48. The molecule has 1 atom stereocenters. The fraction of sp³-hybridized carbons (Fsp3) is 0.500. The van der Waals surface area contributed by atoms with E-state index in [0.717, 1.165) is 25.7 Å². The molecular formula is C14H17N3O3. The van der Waals surface area contributed by atoms with Crippen molar-refractivity contribution < 1.29 is 13.7 Å². The molecule has 1 aliphatic rings. The Balaban J connectivity index is 1.85. The van der Waals surface area contributed by atoms with Crippen LogP contribution in [0, 0.1) is 0 Å². The molecule has 1 aliphatic heterocycles. The van der Waals surface area contributed by atoms with E-state index < -0.39 is 0 Å². The quantitative estimate of drug-likeness (QED) is 0.860. The van der Waals surface area contributed by atoms with E-state index in [9.17, 15) is 4.79 Å². The number of nitrogens with zero attached hydrogens (tertiary/aromatic N) is 3. The van der Waals surface area contributed by atoms with Crippen LogP contribution in [0.4, 0.5) is 0 Å². The van der Waals surface area contributed by atoms with Gasteiger partial charge >= 0.3 is 0 Å². The zero-order chi connectivity index (χ0) is 13.9. The molecule has 1 fully saturated rings. The Bertz CT molecular complexity index is 576. The highest BCUT2D eigenvalue weighted by molar-refractivity contribution is 5.91. The minimum atomic E-state index is -0.144. The number of piperidine rings is 1. The minimum Gasteiger partial charge on any atom is -0.459 e. The van der Waals surface area contributed by atoms with E-state index in [0.29, 0.717) is 24.0 Å². The summed E-state index contributed by atoms with van der Waals surface area (Å²) in [6, 6.07) is 3.25. The van der Waals surface area contributed by atoms with Crippen molar-refractivity contribution in [1.82, 2.24) is 15.0 Å². The molecule has 3 heterocycles. The third kappa shape index (κ3) is 2.33. The monoisotopic (exact) mass is 275 g/mol. The standard InChI is InChI=1S/C14H17N3O3/c1-2-12-15-13(20-16-12)10-6-3-4-8-17(10)14(18)11-7-5-9-19-11/h5,7,9-10H,2-4,6,8H2,1H3. The Morgan fingerprint density at radius 3 is 3.10 bits per heavy atom. The molecule has 2 aromatic heterocycles. The van der Waals surface area contributed by atoms with Crippen LogP contribution in [0.25, 0.3) is 0 Å². The summed E-state index contributed by atoms with van der Waals surface area (Å²) >= 11 is 0. The average Bonchev–Trinajstić information content (AvgIpc) is 3.17. The molecule has 1 amide bonds. The lowest BCUT2D eigenvalue weighted by Crippen LogP contribution is -2.38. The summed E-state index contributed by atoms with van der Waals surface area (Å²) in [5, 5.41) is 3.92. The fourth-order valence-electron chi connectivity index (χ4n) is 2.52. The van der Waals surface area contributed by atoms with Gasteiger partial charge in [-0.3, -0.25) is 4.79 Å². The van der Waals surface area contributed by atoms with Gasteiger partial charge in [0.15, 0.2) is 11.6 Å². The molecule has 0 bridgehead atoms. The van der Waals surface area contributed by atoms with Crippen molar-refractivity contribution in [2.45, 2.75) is 38.6 Å². The first-order valence-corrected chi connectivity index (χ1v) is 6.96. The van der Waals surface area contributed by atoms with Crippen LogP contribution in [0.2, 0.25) is 0 Å². The number of rotatable bonds is 3. The van der Waals surface area contributed by atoms with Crippen LogP contribution in [0.3, 0.4) is 0 Å². The SMILES string of the molecule is CCc1noc(C2CCCCN2C(=O)c2ccco2)n1. The number of amides is 1. The van der Waals surface area contributed by atoms with Gasteiger partial charge < -0.3 is 13.8 Å². The summed E-state index contributed by atoms with van der Waals surface area (Å²) in [7, 11) is 0. The smallest absolute Gasteiger partial charge is 0.290 e. The van der Waals surface area contributed by atoms with Crippen LogP contribution in [-0.4, -0.2) is 27.5 Å². The summed E-state index contributed by atoms with van der Waals surface area (Å²) in [6.07, 6.45) is 5.11. The van der Waals surface area contributed by atoms with Crippen LogP contribution in [-0.2, 0) is 6.42 Å². The van der Waals surface area contributed by atoms with E-state index in [-0.39, 0.29) is 11.9 Å². The second-order valence-electron chi connectivity index (χ2n) is 4.89. The Morgan fingerprint density at radius 2 is 2.40 bits per heavy atom. The van der Waals surface area contributed by atoms with Crippen molar-refractivity contribution in [2.75, 3.05) is 6.54 Å². The topological polar surface area (TPSA) is 72.4 Å². The molecule has 20 heavy (non-hydrogen) atoms. The number of aromatic nitrogens is 2. The zero-order valence-electron chi connectivity index (χ0n) is 11.4. The molecule has 0 aromatic carbocycles. The maximum absolute atomic E-state index is 12.5. The van der Waals surface area contributed by atoms with E-state index in [1.807, 2.05) is 6.92 Å². The second-order valence-corrected chi connectivity index (χ2v) is 4.89.